The second-order valence-electron chi connectivity index (χ2n) is 8.30. The van der Waals surface area contributed by atoms with Gasteiger partial charge in [0.1, 0.15) is 8.24 Å². The van der Waals surface area contributed by atoms with Crippen LogP contribution in [-0.2, 0) is 19.8 Å². The van der Waals surface area contributed by atoms with Crippen LogP contribution in [0.3, 0.4) is 0 Å². The van der Waals surface area contributed by atoms with Crippen LogP contribution in [0, 0.1) is 0 Å². The minimum Gasteiger partial charge on any atom is -0.377 e. The van der Waals surface area contributed by atoms with Crippen molar-refractivity contribution >= 4 is 17.0 Å². The van der Waals surface area contributed by atoms with Gasteiger partial charge < -0.3 is 17.8 Å². The molecule has 0 fully saturated rings. The fourth-order valence-corrected chi connectivity index (χ4v) is 14.2. The molecule has 0 aliphatic carbocycles. The number of rotatable bonds is 12. The Hall–Kier alpha value is -0.506. The Labute approximate surface area is 169 Å². The molecule has 0 aliphatic rings. The monoisotopic (exact) mass is 411 g/mol. The summed E-state index contributed by atoms with van der Waals surface area (Å²) in [5.74, 6) is 0. The van der Waals surface area contributed by atoms with E-state index in [1.54, 1.807) is 21.3 Å². The van der Waals surface area contributed by atoms with Crippen molar-refractivity contribution in [2.45, 2.75) is 70.8 Å². The number of hydrogen-bond acceptors (Lipinski definition) is 4. The molecule has 0 unspecified atom stereocenters. The molecule has 1 aromatic carbocycles. The summed E-state index contributed by atoms with van der Waals surface area (Å²) < 4.78 is 19.9. The van der Waals surface area contributed by atoms with Gasteiger partial charge in [0.05, 0.1) is 0 Å². The van der Waals surface area contributed by atoms with E-state index in [9.17, 15) is 0 Å². The van der Waals surface area contributed by atoms with Crippen LogP contribution in [-0.4, -0.2) is 49.5 Å². The van der Waals surface area contributed by atoms with Gasteiger partial charge in [0, 0.05) is 33.9 Å². The van der Waals surface area contributed by atoms with Crippen molar-refractivity contribution in [3.8, 4) is 0 Å². The van der Waals surface area contributed by atoms with E-state index in [0.29, 0.717) is 16.6 Å². The zero-order valence-electron chi connectivity index (χ0n) is 18.9. The summed E-state index contributed by atoms with van der Waals surface area (Å²) in [7, 11) is 0.732. The maximum atomic E-state index is 5.71. The predicted molar refractivity (Wildman–Crippen MR) is 119 cm³/mol. The molecule has 0 atom stereocenters. The number of hydrogen-bond donors (Lipinski definition) is 0. The van der Waals surface area contributed by atoms with E-state index in [0.717, 1.165) is 19.1 Å². The Morgan fingerprint density at radius 2 is 1.22 bits per heavy atom. The molecular formula is C21H41NO3Si2. The molecule has 0 radical (unpaired) electrons. The van der Waals surface area contributed by atoms with Crippen LogP contribution in [0.15, 0.2) is 30.3 Å². The van der Waals surface area contributed by atoms with Crippen LogP contribution < -0.4 is 0 Å². The van der Waals surface area contributed by atoms with Crippen LogP contribution in [0.4, 0.5) is 0 Å². The summed E-state index contributed by atoms with van der Waals surface area (Å²) in [5.41, 5.74) is 3.34. The highest BCUT2D eigenvalue weighted by Gasteiger charge is 2.49. The van der Waals surface area contributed by atoms with E-state index < -0.39 is 17.0 Å². The SMILES string of the molecule is CO[Si](CCN(Cc1ccccc1)[Si](C(C)C)(C(C)C)C(C)C)(OC)OC. The highest BCUT2D eigenvalue weighted by molar-refractivity contribution is 6.81. The molecule has 0 N–H and O–H groups in total. The topological polar surface area (TPSA) is 30.9 Å². The third-order valence-electron chi connectivity index (χ3n) is 6.16. The Balaban J connectivity index is 3.30. The lowest BCUT2D eigenvalue weighted by Crippen LogP contribution is -2.61. The molecule has 6 heteroatoms. The molecule has 0 bridgehead atoms. The van der Waals surface area contributed by atoms with E-state index in [2.05, 4.69) is 76.4 Å². The van der Waals surface area contributed by atoms with Crippen molar-refractivity contribution < 1.29 is 13.3 Å². The number of nitrogens with zero attached hydrogens (tertiary/aromatic N) is 1. The Morgan fingerprint density at radius 3 is 1.59 bits per heavy atom. The van der Waals surface area contributed by atoms with Crippen molar-refractivity contribution in [3.05, 3.63) is 35.9 Å². The first kappa shape index (κ1) is 24.5. The van der Waals surface area contributed by atoms with E-state index in [4.69, 9.17) is 13.3 Å². The predicted octanol–water partition coefficient (Wildman–Crippen LogP) is 5.54. The van der Waals surface area contributed by atoms with Gasteiger partial charge in [-0.15, -0.1) is 0 Å². The summed E-state index contributed by atoms with van der Waals surface area (Å²) in [4.78, 5) is 0. The maximum Gasteiger partial charge on any atom is 0.501 e. The van der Waals surface area contributed by atoms with Gasteiger partial charge in [0.25, 0.3) is 0 Å². The van der Waals surface area contributed by atoms with Crippen molar-refractivity contribution in [1.82, 2.24) is 4.57 Å². The third-order valence-corrected chi connectivity index (χ3v) is 15.9. The fourth-order valence-electron chi connectivity index (χ4n) is 5.14. The first-order chi connectivity index (χ1) is 12.7. The molecule has 0 spiro atoms. The van der Waals surface area contributed by atoms with E-state index in [1.807, 2.05) is 0 Å². The van der Waals surface area contributed by atoms with Gasteiger partial charge in [0.2, 0.25) is 0 Å². The third kappa shape index (κ3) is 5.52. The minimum atomic E-state index is -2.60. The van der Waals surface area contributed by atoms with Gasteiger partial charge >= 0.3 is 8.80 Å². The molecule has 0 heterocycles. The molecule has 0 aliphatic heterocycles. The zero-order chi connectivity index (χ0) is 20.7. The van der Waals surface area contributed by atoms with Crippen LogP contribution in [0.5, 0.6) is 0 Å². The quantitative estimate of drug-likeness (QED) is 0.422. The normalized spacial score (nSPS) is 13.4. The van der Waals surface area contributed by atoms with Gasteiger partial charge in [-0.1, -0.05) is 71.9 Å². The summed E-state index contributed by atoms with van der Waals surface area (Å²) in [6, 6.07) is 11.6. The Morgan fingerprint density at radius 1 is 0.778 bits per heavy atom. The van der Waals surface area contributed by atoms with Gasteiger partial charge in [-0.05, 0) is 28.7 Å². The largest absolute Gasteiger partial charge is 0.501 e. The smallest absolute Gasteiger partial charge is 0.377 e. The van der Waals surface area contributed by atoms with Crippen LogP contribution >= 0.6 is 0 Å². The van der Waals surface area contributed by atoms with Crippen molar-refractivity contribution in [1.29, 1.82) is 0 Å². The molecule has 1 aromatic rings. The second kappa shape index (κ2) is 10.9. The molecule has 0 saturated heterocycles. The van der Waals surface area contributed by atoms with Gasteiger partial charge in [-0.2, -0.15) is 0 Å². The van der Waals surface area contributed by atoms with E-state index >= 15 is 0 Å². The Kier molecular flexibility index (Phi) is 9.89. The fraction of sp³-hybridized carbons (Fsp3) is 0.714. The van der Waals surface area contributed by atoms with Gasteiger partial charge in [0.15, 0.2) is 0 Å². The average Bonchev–Trinajstić information content (AvgIpc) is 2.63. The first-order valence-electron chi connectivity index (χ1n) is 10.1. The van der Waals surface area contributed by atoms with Crippen LogP contribution in [0.2, 0.25) is 22.7 Å². The van der Waals surface area contributed by atoms with Crippen LogP contribution in [0.25, 0.3) is 0 Å². The molecule has 156 valence electrons. The summed E-state index contributed by atoms with van der Waals surface area (Å²) in [5, 5.41) is 0. The molecule has 4 nitrogen and oxygen atoms in total. The summed E-state index contributed by atoms with van der Waals surface area (Å²) in [6.07, 6.45) is 0. The number of benzene rings is 1. The lowest BCUT2D eigenvalue weighted by atomic mass is 10.2. The average molecular weight is 412 g/mol. The maximum absolute atomic E-state index is 5.71. The highest BCUT2D eigenvalue weighted by Crippen LogP contribution is 2.45. The Bertz CT molecular complexity index is 503. The van der Waals surface area contributed by atoms with Crippen molar-refractivity contribution in [2.75, 3.05) is 27.9 Å². The lowest BCUT2D eigenvalue weighted by molar-refractivity contribution is 0.121. The minimum absolute atomic E-state index is 0.657. The van der Waals surface area contributed by atoms with Crippen molar-refractivity contribution in [2.24, 2.45) is 0 Å². The first-order valence-corrected chi connectivity index (χ1v) is 14.3. The molecule has 0 aromatic heterocycles. The molecular weight excluding hydrogens is 370 g/mol. The van der Waals surface area contributed by atoms with Crippen molar-refractivity contribution in [3.63, 3.8) is 0 Å². The van der Waals surface area contributed by atoms with Gasteiger partial charge in [-0.3, -0.25) is 0 Å². The van der Waals surface area contributed by atoms with E-state index in [-0.39, 0.29) is 0 Å². The highest BCUT2D eigenvalue weighted by atomic mass is 28.4. The van der Waals surface area contributed by atoms with E-state index in [1.165, 1.54) is 5.56 Å². The standard InChI is InChI=1S/C21H41NO3Si2/c1-18(2)27(19(3)4,20(5)6)22(17-21-13-11-10-12-14-21)15-16-26(23-7,24-8)25-9/h10-14,18-20H,15-17H2,1-9H3. The zero-order valence-corrected chi connectivity index (χ0v) is 20.9. The van der Waals surface area contributed by atoms with Gasteiger partial charge in [-0.25, -0.2) is 0 Å². The molecule has 0 amide bonds. The summed E-state index contributed by atoms with van der Waals surface area (Å²) >= 11 is 0. The lowest BCUT2D eigenvalue weighted by Gasteiger charge is -2.51. The van der Waals surface area contributed by atoms with Crippen LogP contribution in [0.1, 0.15) is 47.1 Å². The summed E-state index contributed by atoms with van der Waals surface area (Å²) in [6.45, 7) is 16.4. The second-order valence-corrected chi connectivity index (χ2v) is 17.3. The molecule has 1 rings (SSSR count). The molecule has 0 saturated carbocycles. The molecule has 27 heavy (non-hydrogen) atoms.